The highest BCUT2D eigenvalue weighted by Crippen LogP contribution is 2.40. The lowest BCUT2D eigenvalue weighted by Gasteiger charge is -2.27. The van der Waals surface area contributed by atoms with Gasteiger partial charge in [-0.15, -0.1) is 0 Å². The van der Waals surface area contributed by atoms with E-state index in [0.717, 1.165) is 5.56 Å². The minimum absolute atomic E-state index is 0.0908. The number of carbonyl (C=O) groups is 2. The predicted octanol–water partition coefficient (Wildman–Crippen LogP) is 1.89. The van der Waals surface area contributed by atoms with Crippen LogP contribution in [0.25, 0.3) is 11.4 Å². The number of amides is 1. The Morgan fingerprint density at radius 2 is 2.00 bits per heavy atom. The number of nitrogens with one attached hydrogen (secondary N) is 1. The maximum absolute atomic E-state index is 13.9. The van der Waals surface area contributed by atoms with Crippen LogP contribution in [0.2, 0.25) is 0 Å². The number of methoxy groups -OCH3 is 1. The van der Waals surface area contributed by atoms with Gasteiger partial charge in [-0.3, -0.25) is 9.59 Å². The van der Waals surface area contributed by atoms with Crippen molar-refractivity contribution in [3.05, 3.63) is 101 Å². The van der Waals surface area contributed by atoms with Crippen molar-refractivity contribution in [2.75, 3.05) is 7.11 Å². The summed E-state index contributed by atoms with van der Waals surface area (Å²) in [4.78, 5) is 35.4. The number of nitrogens with zero attached hydrogens (tertiary/aromatic N) is 3. The molecule has 1 saturated heterocycles. The van der Waals surface area contributed by atoms with Crippen molar-refractivity contribution >= 4 is 23.1 Å². The molecule has 3 aromatic heterocycles. The molecule has 0 spiro atoms. The van der Waals surface area contributed by atoms with E-state index in [-0.39, 0.29) is 17.8 Å². The van der Waals surface area contributed by atoms with Crippen molar-refractivity contribution in [2.45, 2.75) is 19.5 Å². The number of aromatic nitrogens is 3. The zero-order valence-corrected chi connectivity index (χ0v) is 18.7. The monoisotopic (exact) mass is 454 g/mol. The molecule has 1 amide bonds. The molecule has 34 heavy (non-hydrogen) atoms. The van der Waals surface area contributed by atoms with Gasteiger partial charge in [0, 0.05) is 23.4 Å². The van der Waals surface area contributed by atoms with Crippen LogP contribution in [0, 0.1) is 6.92 Å². The molecule has 0 radical (unpaired) electrons. The van der Waals surface area contributed by atoms with Gasteiger partial charge >= 0.3 is 0 Å². The van der Waals surface area contributed by atoms with E-state index in [9.17, 15) is 14.7 Å². The number of imidazole rings is 1. The molecule has 1 N–H and O–H groups in total. The second-order valence-electron chi connectivity index (χ2n) is 8.07. The molecule has 1 atom stereocenters. The molecular weight excluding hydrogens is 432 g/mol. The quantitative estimate of drug-likeness (QED) is 0.260. The van der Waals surface area contributed by atoms with Crippen molar-refractivity contribution in [2.24, 2.45) is 0 Å². The Kier molecular flexibility index (Phi) is 5.33. The molecule has 4 heterocycles. The number of carbonyl (C=O) groups excluding carboxylic acids is 2. The number of ether oxygens (including phenoxy) is 1. The van der Waals surface area contributed by atoms with Crippen LogP contribution in [0.4, 0.5) is 0 Å². The molecule has 5 rings (SSSR count). The Balaban J connectivity index is 1.73. The lowest BCUT2D eigenvalue weighted by Crippen LogP contribution is -2.29. The van der Waals surface area contributed by atoms with Crippen LogP contribution in [-0.4, -0.2) is 33.1 Å². The maximum Gasteiger partial charge on any atom is 0.295 e. The van der Waals surface area contributed by atoms with E-state index in [0.29, 0.717) is 22.7 Å². The van der Waals surface area contributed by atoms with E-state index in [1.54, 1.807) is 73.4 Å². The van der Waals surface area contributed by atoms with Gasteiger partial charge in [-0.2, -0.15) is 0 Å². The molecule has 1 aliphatic heterocycles. The van der Waals surface area contributed by atoms with Crippen molar-refractivity contribution in [3.8, 4) is 5.75 Å². The molecule has 8 nitrogen and oxygen atoms in total. The van der Waals surface area contributed by atoms with Gasteiger partial charge in [0.25, 0.3) is 5.91 Å². The molecule has 8 heteroatoms. The zero-order valence-electron chi connectivity index (χ0n) is 18.7. The Morgan fingerprint density at radius 3 is 2.76 bits per heavy atom. The summed E-state index contributed by atoms with van der Waals surface area (Å²) in [6, 6.07) is 15.3. The molecule has 0 aliphatic carbocycles. The summed E-state index contributed by atoms with van der Waals surface area (Å²) in [6.07, 6.45) is 5.24. The van der Waals surface area contributed by atoms with Crippen LogP contribution in [0.3, 0.4) is 0 Å². The van der Waals surface area contributed by atoms with Crippen molar-refractivity contribution in [1.82, 2.24) is 14.3 Å². The number of aryl methyl sites for hydroxylation is 1. The van der Waals surface area contributed by atoms with Gasteiger partial charge < -0.3 is 19.1 Å². The van der Waals surface area contributed by atoms with Gasteiger partial charge in [0.05, 0.1) is 31.1 Å². The third-order valence-corrected chi connectivity index (χ3v) is 5.98. The summed E-state index contributed by atoms with van der Waals surface area (Å²) < 4.78 is 7.02. The Bertz CT molecular complexity index is 1440. The normalized spacial score (nSPS) is 17.5. The third kappa shape index (κ3) is 3.49. The van der Waals surface area contributed by atoms with Gasteiger partial charge in [0.2, 0.25) is 5.78 Å². The van der Waals surface area contributed by atoms with Crippen molar-refractivity contribution in [3.63, 3.8) is 0 Å². The summed E-state index contributed by atoms with van der Waals surface area (Å²) in [6.45, 7) is 1.88. The Morgan fingerprint density at radius 1 is 1.15 bits per heavy atom. The highest BCUT2D eigenvalue weighted by Gasteiger charge is 2.44. The number of aromatic amines is 1. The van der Waals surface area contributed by atoms with Gasteiger partial charge in [0.15, 0.2) is 12.4 Å². The standard InChI is InChI=1S/C26H22N4O4/c1-16-22(29-12-4-3-10-20(29)28-16)24(31)21-23(18-8-5-9-19(13-18)34-2)30(26(33)25(21)32)15-17-7-6-11-27-14-17/h3-14,23,31H,15H2,1-2H3. The molecule has 0 saturated carbocycles. The topological polar surface area (TPSA) is 101 Å². The van der Waals surface area contributed by atoms with Gasteiger partial charge in [-0.05, 0) is 42.8 Å². The zero-order chi connectivity index (χ0) is 23.8. The summed E-state index contributed by atoms with van der Waals surface area (Å²) >= 11 is 0. The van der Waals surface area contributed by atoms with E-state index < -0.39 is 23.5 Å². The lowest BCUT2D eigenvalue weighted by molar-refractivity contribution is -0.378. The first-order valence-corrected chi connectivity index (χ1v) is 10.8. The number of Topliss-reactive ketones (excluding diaryl/α,β-unsaturated/α-hetero) is 1. The number of hydrogen-bond acceptors (Lipinski definition) is 5. The fraction of sp³-hybridized carbons (Fsp3) is 0.154. The number of benzene rings is 1. The first-order valence-electron chi connectivity index (χ1n) is 10.8. The number of H-pyrrole nitrogens is 1. The SMILES string of the molecule is COc1cccc(C2C(=C([O-])c3c(C)nc4ccccn34)C(=O)C(=O)N2Cc2ccc[nH+]c2)c1. The fourth-order valence-corrected chi connectivity index (χ4v) is 4.43. The molecule has 1 fully saturated rings. The number of fused-ring (bicyclic) bond motifs is 1. The van der Waals surface area contributed by atoms with Crippen molar-refractivity contribution < 1.29 is 24.4 Å². The molecule has 0 bridgehead atoms. The average molecular weight is 454 g/mol. The highest BCUT2D eigenvalue weighted by molar-refractivity contribution is 6.46. The van der Waals surface area contributed by atoms with E-state index in [2.05, 4.69) is 9.97 Å². The number of ketones is 1. The average Bonchev–Trinajstić information content (AvgIpc) is 3.32. The van der Waals surface area contributed by atoms with Crippen LogP contribution in [0.1, 0.15) is 28.6 Å². The number of rotatable bonds is 5. The van der Waals surface area contributed by atoms with E-state index >= 15 is 0 Å². The smallest absolute Gasteiger partial charge is 0.295 e. The Hall–Kier alpha value is -4.46. The first kappa shape index (κ1) is 21.4. The molecule has 1 aromatic carbocycles. The number of likely N-dealkylation sites (tertiary alicyclic amines) is 1. The predicted molar refractivity (Wildman–Crippen MR) is 121 cm³/mol. The lowest BCUT2D eigenvalue weighted by atomic mass is 9.96. The molecule has 170 valence electrons. The van der Waals surface area contributed by atoms with Crippen LogP contribution in [0.5, 0.6) is 5.75 Å². The van der Waals surface area contributed by atoms with Crippen LogP contribution in [-0.2, 0) is 16.1 Å². The first-order chi connectivity index (χ1) is 16.5. The third-order valence-electron chi connectivity index (χ3n) is 5.98. The van der Waals surface area contributed by atoms with Gasteiger partial charge in [-0.1, -0.05) is 24.0 Å². The fourth-order valence-electron chi connectivity index (χ4n) is 4.43. The number of pyridine rings is 2. The van der Waals surface area contributed by atoms with E-state index in [1.165, 1.54) is 4.90 Å². The van der Waals surface area contributed by atoms with Crippen molar-refractivity contribution in [1.29, 1.82) is 0 Å². The summed E-state index contributed by atoms with van der Waals surface area (Å²) in [5, 5.41) is 13.9. The van der Waals surface area contributed by atoms with Gasteiger partial charge in [-0.25, -0.2) is 9.97 Å². The van der Waals surface area contributed by atoms with E-state index in [1.807, 2.05) is 18.2 Å². The summed E-state index contributed by atoms with van der Waals surface area (Å²) in [5.41, 5.74) is 2.69. The number of hydrogen-bond donors (Lipinski definition) is 0. The minimum Gasteiger partial charge on any atom is -0.871 e. The van der Waals surface area contributed by atoms with E-state index in [4.69, 9.17) is 4.74 Å². The second-order valence-corrected chi connectivity index (χ2v) is 8.07. The van der Waals surface area contributed by atoms with Crippen LogP contribution >= 0.6 is 0 Å². The Labute approximate surface area is 195 Å². The summed E-state index contributed by atoms with van der Waals surface area (Å²) in [7, 11) is 1.54. The molecule has 1 aliphatic rings. The molecule has 1 unspecified atom stereocenters. The van der Waals surface area contributed by atoms with Crippen LogP contribution < -0.4 is 14.8 Å². The highest BCUT2D eigenvalue weighted by atomic mass is 16.5. The largest absolute Gasteiger partial charge is 0.871 e. The maximum atomic E-state index is 13.9. The summed E-state index contributed by atoms with van der Waals surface area (Å²) in [5.74, 6) is -1.46. The molecule has 4 aromatic rings. The molecular formula is C26H22N4O4. The van der Waals surface area contributed by atoms with Crippen LogP contribution in [0.15, 0.2) is 78.8 Å². The second kappa shape index (κ2) is 8.47. The minimum atomic E-state index is -0.864. The van der Waals surface area contributed by atoms with Gasteiger partial charge in [0.1, 0.15) is 11.4 Å².